The Morgan fingerprint density at radius 1 is 1.35 bits per heavy atom. The van der Waals surface area contributed by atoms with Crippen LogP contribution in [0.2, 0.25) is 0 Å². The van der Waals surface area contributed by atoms with Crippen LogP contribution in [0.5, 0.6) is 0 Å². The van der Waals surface area contributed by atoms with Crippen molar-refractivity contribution in [1.29, 1.82) is 0 Å². The molecule has 0 aliphatic carbocycles. The van der Waals surface area contributed by atoms with E-state index in [0.717, 1.165) is 19.4 Å². The van der Waals surface area contributed by atoms with Crippen molar-refractivity contribution in [3.8, 4) is 0 Å². The van der Waals surface area contributed by atoms with Crippen molar-refractivity contribution in [2.45, 2.75) is 66.0 Å². The molecule has 1 saturated heterocycles. The SMILES string of the molecule is CC(C)OC(=O)N1CCC[C@@]1(C)C(C)(C)C.S. The standard InChI is InChI=1S/C13H25NO2.H2S/c1-10(2)16-11(15)14-9-7-8-13(14,6)12(3,4)5;/h10H,7-9H2,1-6H3;1H2/t13-;/m0./s1. The van der Waals surface area contributed by atoms with E-state index in [1.165, 1.54) is 0 Å². The van der Waals surface area contributed by atoms with E-state index >= 15 is 0 Å². The van der Waals surface area contributed by atoms with E-state index in [9.17, 15) is 4.79 Å². The Morgan fingerprint density at radius 3 is 2.29 bits per heavy atom. The average Bonchev–Trinajstić information content (AvgIpc) is 2.46. The van der Waals surface area contributed by atoms with Gasteiger partial charge in [0, 0.05) is 12.1 Å². The fourth-order valence-electron chi connectivity index (χ4n) is 2.30. The topological polar surface area (TPSA) is 29.5 Å². The van der Waals surface area contributed by atoms with E-state index in [4.69, 9.17) is 4.74 Å². The summed E-state index contributed by atoms with van der Waals surface area (Å²) in [5, 5.41) is 0. The van der Waals surface area contributed by atoms with Gasteiger partial charge in [0.1, 0.15) is 0 Å². The Hall–Kier alpha value is -0.380. The van der Waals surface area contributed by atoms with Crippen LogP contribution in [0.1, 0.15) is 54.4 Å². The lowest BCUT2D eigenvalue weighted by Gasteiger charge is -2.45. The lowest BCUT2D eigenvalue weighted by Crippen LogP contribution is -2.53. The van der Waals surface area contributed by atoms with Crippen molar-refractivity contribution in [2.24, 2.45) is 5.41 Å². The van der Waals surface area contributed by atoms with E-state index in [-0.39, 0.29) is 36.6 Å². The second-order valence-corrected chi connectivity index (χ2v) is 6.21. The maximum Gasteiger partial charge on any atom is 0.410 e. The van der Waals surface area contributed by atoms with Crippen molar-refractivity contribution in [3.05, 3.63) is 0 Å². The van der Waals surface area contributed by atoms with Crippen molar-refractivity contribution < 1.29 is 9.53 Å². The molecule has 0 radical (unpaired) electrons. The first kappa shape index (κ1) is 16.6. The smallest absolute Gasteiger partial charge is 0.410 e. The maximum atomic E-state index is 12.0. The molecular weight excluding hydrogens is 234 g/mol. The van der Waals surface area contributed by atoms with Gasteiger partial charge >= 0.3 is 6.09 Å². The lowest BCUT2D eigenvalue weighted by atomic mass is 9.73. The minimum absolute atomic E-state index is 0. The number of amides is 1. The largest absolute Gasteiger partial charge is 0.447 e. The van der Waals surface area contributed by atoms with Gasteiger partial charge in [-0.25, -0.2) is 4.79 Å². The number of hydrogen-bond acceptors (Lipinski definition) is 2. The predicted octanol–water partition coefficient (Wildman–Crippen LogP) is 3.54. The van der Waals surface area contributed by atoms with Gasteiger partial charge in [-0.15, -0.1) is 0 Å². The summed E-state index contributed by atoms with van der Waals surface area (Å²) in [6.45, 7) is 13.3. The minimum atomic E-state index is -0.162. The molecular formula is C13H27NO2S. The summed E-state index contributed by atoms with van der Waals surface area (Å²) in [6, 6.07) is 0. The van der Waals surface area contributed by atoms with E-state index in [1.807, 2.05) is 18.7 Å². The van der Waals surface area contributed by atoms with Crippen LogP contribution in [0.15, 0.2) is 0 Å². The van der Waals surface area contributed by atoms with E-state index in [0.29, 0.717) is 0 Å². The molecule has 1 atom stereocenters. The third-order valence-corrected chi connectivity index (χ3v) is 3.81. The molecule has 17 heavy (non-hydrogen) atoms. The quantitative estimate of drug-likeness (QED) is 0.722. The normalized spacial score (nSPS) is 24.8. The lowest BCUT2D eigenvalue weighted by molar-refractivity contribution is 0.0150. The maximum absolute atomic E-state index is 12.0. The molecule has 0 unspecified atom stereocenters. The van der Waals surface area contributed by atoms with Crippen LogP contribution < -0.4 is 0 Å². The molecule has 4 heteroatoms. The zero-order chi connectivity index (χ0) is 12.6. The molecule has 0 aromatic heterocycles. The molecule has 0 saturated carbocycles. The second kappa shape index (κ2) is 5.51. The molecule has 1 aliphatic heterocycles. The van der Waals surface area contributed by atoms with Crippen molar-refractivity contribution >= 4 is 19.6 Å². The van der Waals surface area contributed by atoms with E-state index in [2.05, 4.69) is 27.7 Å². The van der Waals surface area contributed by atoms with Crippen LogP contribution in [-0.4, -0.2) is 29.2 Å². The fourth-order valence-corrected chi connectivity index (χ4v) is 2.30. The number of rotatable bonds is 1. The molecule has 3 nitrogen and oxygen atoms in total. The number of carbonyl (C=O) groups excluding carboxylic acids is 1. The van der Waals surface area contributed by atoms with Crippen LogP contribution in [0, 0.1) is 5.41 Å². The Morgan fingerprint density at radius 2 is 1.88 bits per heavy atom. The van der Waals surface area contributed by atoms with Crippen LogP contribution in [0.25, 0.3) is 0 Å². The Balaban J connectivity index is 0.00000256. The Labute approximate surface area is 112 Å². The number of carbonyl (C=O) groups is 1. The summed E-state index contributed by atoms with van der Waals surface area (Å²) in [5.41, 5.74) is -0.00152. The summed E-state index contributed by atoms with van der Waals surface area (Å²) in [7, 11) is 0. The van der Waals surface area contributed by atoms with Gasteiger partial charge in [-0.2, -0.15) is 13.5 Å². The van der Waals surface area contributed by atoms with Crippen LogP contribution >= 0.6 is 13.5 Å². The fraction of sp³-hybridized carbons (Fsp3) is 0.923. The molecule has 0 bridgehead atoms. The monoisotopic (exact) mass is 261 g/mol. The molecule has 102 valence electrons. The van der Waals surface area contributed by atoms with Gasteiger partial charge in [-0.05, 0) is 39.0 Å². The molecule has 1 rings (SSSR count). The number of ether oxygens (including phenoxy) is 1. The first-order chi connectivity index (χ1) is 7.18. The summed E-state index contributed by atoms with van der Waals surface area (Å²) >= 11 is 0. The summed E-state index contributed by atoms with van der Waals surface area (Å²) in [5.74, 6) is 0. The van der Waals surface area contributed by atoms with Crippen LogP contribution in [-0.2, 0) is 4.74 Å². The predicted molar refractivity (Wildman–Crippen MR) is 75.8 cm³/mol. The zero-order valence-electron chi connectivity index (χ0n) is 12.0. The third kappa shape index (κ3) is 3.30. The Bertz CT molecular complexity index is 273. The first-order valence-corrected chi connectivity index (χ1v) is 6.17. The molecule has 1 aliphatic rings. The molecule has 0 aromatic carbocycles. The van der Waals surface area contributed by atoms with Crippen LogP contribution in [0.4, 0.5) is 4.79 Å². The highest BCUT2D eigenvalue weighted by Gasteiger charge is 2.48. The third-order valence-electron chi connectivity index (χ3n) is 3.81. The van der Waals surface area contributed by atoms with Crippen molar-refractivity contribution in [1.82, 2.24) is 4.90 Å². The van der Waals surface area contributed by atoms with Gasteiger partial charge in [0.05, 0.1) is 6.10 Å². The van der Waals surface area contributed by atoms with Crippen molar-refractivity contribution in [3.63, 3.8) is 0 Å². The average molecular weight is 261 g/mol. The number of nitrogens with zero attached hydrogens (tertiary/aromatic N) is 1. The van der Waals surface area contributed by atoms with E-state index < -0.39 is 0 Å². The number of likely N-dealkylation sites (tertiary alicyclic amines) is 1. The molecule has 0 N–H and O–H groups in total. The minimum Gasteiger partial charge on any atom is -0.447 e. The summed E-state index contributed by atoms with van der Waals surface area (Å²) in [6.07, 6.45) is 1.92. The number of hydrogen-bond donors (Lipinski definition) is 0. The molecule has 0 spiro atoms. The molecule has 1 fully saturated rings. The molecule has 1 amide bonds. The second-order valence-electron chi connectivity index (χ2n) is 6.21. The van der Waals surface area contributed by atoms with Crippen molar-refractivity contribution in [2.75, 3.05) is 6.54 Å². The Kier molecular flexibility index (Phi) is 5.38. The highest BCUT2D eigenvalue weighted by molar-refractivity contribution is 7.59. The van der Waals surface area contributed by atoms with Gasteiger partial charge in [0.15, 0.2) is 0 Å². The molecule has 1 heterocycles. The highest BCUT2D eigenvalue weighted by Crippen LogP contribution is 2.43. The highest BCUT2D eigenvalue weighted by atomic mass is 32.1. The van der Waals surface area contributed by atoms with Gasteiger partial charge in [0.25, 0.3) is 0 Å². The van der Waals surface area contributed by atoms with Crippen LogP contribution in [0.3, 0.4) is 0 Å². The van der Waals surface area contributed by atoms with Gasteiger partial charge in [-0.3, -0.25) is 0 Å². The first-order valence-electron chi connectivity index (χ1n) is 6.17. The summed E-state index contributed by atoms with van der Waals surface area (Å²) < 4.78 is 5.31. The summed E-state index contributed by atoms with van der Waals surface area (Å²) in [4.78, 5) is 13.9. The zero-order valence-corrected chi connectivity index (χ0v) is 13.0. The van der Waals surface area contributed by atoms with Gasteiger partial charge in [-0.1, -0.05) is 20.8 Å². The van der Waals surface area contributed by atoms with Gasteiger partial charge < -0.3 is 9.64 Å². The van der Waals surface area contributed by atoms with E-state index in [1.54, 1.807) is 0 Å². The molecule has 0 aromatic rings. The van der Waals surface area contributed by atoms with Gasteiger partial charge in [0.2, 0.25) is 0 Å².